The molecule has 3 fully saturated rings. The van der Waals surface area contributed by atoms with Crippen molar-refractivity contribution in [2.45, 2.75) is 42.6 Å². The van der Waals surface area contributed by atoms with Crippen molar-refractivity contribution in [2.24, 2.45) is 29.6 Å². The number of hydrogen-bond donors (Lipinski definition) is 1. The van der Waals surface area contributed by atoms with E-state index < -0.39 is 5.97 Å². The molecular weight excluding hydrogens is 468 g/mol. The van der Waals surface area contributed by atoms with Gasteiger partial charge >= 0.3 is 10.8 Å². The lowest BCUT2D eigenvalue weighted by molar-refractivity contribution is -0.155. The van der Waals surface area contributed by atoms with Gasteiger partial charge in [-0.2, -0.15) is 0 Å². The van der Waals surface area contributed by atoms with Gasteiger partial charge < -0.3 is 9.72 Å². The molecular formula is C22H22N2O5S3. The van der Waals surface area contributed by atoms with E-state index in [1.165, 1.54) is 16.2 Å². The number of imide groups is 1. The molecule has 0 aromatic carbocycles. The van der Waals surface area contributed by atoms with Crippen LogP contribution in [0.5, 0.6) is 0 Å². The number of hydrogen-bond acceptors (Lipinski definition) is 8. The smallest absolute Gasteiger partial charge is 0.326 e. The second-order valence-corrected chi connectivity index (χ2v) is 12.5. The number of carbonyl (C=O) groups is 3. The normalized spacial score (nSPS) is 34.7. The molecule has 7 nitrogen and oxygen atoms in total. The maximum Gasteiger partial charge on any atom is 0.326 e. The SMILES string of the molecule is CC(C)OC(=O)CN1C(=O)[C@@H]2[C@@H]3C[C@H]([C@H]4Sc5[nH]c(=O)sc5[C@@H](c5cccs5)[C@H]34)[C@@H]2C1=O. The molecule has 2 amide bonds. The predicted octanol–water partition coefficient (Wildman–Crippen LogP) is 2.92. The lowest BCUT2D eigenvalue weighted by atomic mass is 9.69. The third-order valence-corrected chi connectivity index (χ3v) is 10.9. The van der Waals surface area contributed by atoms with Crippen LogP contribution < -0.4 is 4.87 Å². The van der Waals surface area contributed by atoms with Crippen molar-refractivity contribution in [3.05, 3.63) is 36.9 Å². The number of thioether (sulfide) groups is 1. The summed E-state index contributed by atoms with van der Waals surface area (Å²) in [5.74, 6) is -1.34. The van der Waals surface area contributed by atoms with E-state index in [0.29, 0.717) is 0 Å². The van der Waals surface area contributed by atoms with Crippen molar-refractivity contribution in [1.29, 1.82) is 0 Å². The van der Waals surface area contributed by atoms with Crippen LogP contribution in [0.4, 0.5) is 0 Å². The monoisotopic (exact) mass is 490 g/mol. The van der Waals surface area contributed by atoms with Gasteiger partial charge in [0.25, 0.3) is 0 Å². The van der Waals surface area contributed by atoms with Crippen molar-refractivity contribution >= 4 is 52.2 Å². The Hall–Kier alpha value is -1.91. The van der Waals surface area contributed by atoms with Gasteiger partial charge in [-0.1, -0.05) is 17.4 Å². The number of aromatic amines is 1. The number of carbonyl (C=O) groups excluding carboxylic acids is 3. The molecule has 1 N–H and O–H groups in total. The Morgan fingerprint density at radius 2 is 1.97 bits per heavy atom. The fraction of sp³-hybridized carbons (Fsp3) is 0.545. The van der Waals surface area contributed by atoms with E-state index in [9.17, 15) is 19.2 Å². The van der Waals surface area contributed by atoms with Crippen LogP contribution in [0.25, 0.3) is 0 Å². The van der Waals surface area contributed by atoms with Gasteiger partial charge in [-0.3, -0.25) is 24.1 Å². The number of rotatable bonds is 4. The minimum Gasteiger partial charge on any atom is -0.462 e. The molecule has 4 aliphatic rings. The minimum atomic E-state index is -0.544. The van der Waals surface area contributed by atoms with E-state index in [-0.39, 0.29) is 70.1 Å². The summed E-state index contributed by atoms with van der Waals surface area (Å²) in [5, 5.41) is 3.13. The van der Waals surface area contributed by atoms with Crippen LogP contribution in [0.1, 0.15) is 35.9 Å². The van der Waals surface area contributed by atoms with Crippen molar-refractivity contribution in [3.8, 4) is 0 Å². The number of nitrogens with one attached hydrogen (secondary N) is 1. The van der Waals surface area contributed by atoms with Gasteiger partial charge in [0.2, 0.25) is 11.8 Å². The molecule has 32 heavy (non-hydrogen) atoms. The maximum absolute atomic E-state index is 13.4. The topological polar surface area (TPSA) is 96.5 Å². The second kappa shape index (κ2) is 7.30. The molecule has 2 aliphatic carbocycles. The molecule has 7 atom stereocenters. The first-order valence-corrected chi connectivity index (χ1v) is 13.4. The summed E-state index contributed by atoms with van der Waals surface area (Å²) in [6.07, 6.45) is 0.554. The molecule has 0 spiro atoms. The predicted molar refractivity (Wildman–Crippen MR) is 121 cm³/mol. The van der Waals surface area contributed by atoms with Crippen LogP contribution in [-0.2, 0) is 19.1 Å². The molecule has 2 saturated carbocycles. The van der Waals surface area contributed by atoms with Gasteiger partial charge in [0.15, 0.2) is 0 Å². The van der Waals surface area contributed by atoms with Gasteiger partial charge in [-0.05, 0) is 49.5 Å². The number of nitrogens with zero attached hydrogens (tertiary/aromatic N) is 1. The maximum atomic E-state index is 13.4. The lowest BCUT2D eigenvalue weighted by Gasteiger charge is -2.42. The Bertz CT molecular complexity index is 1170. The zero-order valence-corrected chi connectivity index (χ0v) is 19.9. The van der Waals surface area contributed by atoms with E-state index >= 15 is 0 Å². The summed E-state index contributed by atoms with van der Waals surface area (Å²) in [4.78, 5) is 57.4. The number of aromatic nitrogens is 1. The van der Waals surface area contributed by atoms with Crippen molar-refractivity contribution in [1.82, 2.24) is 9.88 Å². The highest BCUT2D eigenvalue weighted by Crippen LogP contribution is 2.68. The molecule has 0 radical (unpaired) electrons. The Morgan fingerprint density at radius 1 is 1.22 bits per heavy atom. The Kier molecular flexibility index (Phi) is 4.71. The largest absolute Gasteiger partial charge is 0.462 e. The first kappa shape index (κ1) is 20.7. The Balaban J connectivity index is 1.36. The number of thiazole rings is 1. The molecule has 1 saturated heterocycles. The summed E-state index contributed by atoms with van der Waals surface area (Å²) >= 11 is 4.62. The summed E-state index contributed by atoms with van der Waals surface area (Å²) in [5.41, 5.74) is 0. The summed E-state index contributed by atoms with van der Waals surface area (Å²) in [6, 6.07) is 4.13. The van der Waals surface area contributed by atoms with Gasteiger partial charge in [-0.25, -0.2) is 0 Å². The fourth-order valence-corrected chi connectivity index (χ4v) is 10.3. The quantitative estimate of drug-likeness (QED) is 0.523. The molecule has 0 unspecified atom stereocenters. The zero-order chi connectivity index (χ0) is 22.3. The third kappa shape index (κ3) is 2.85. The molecule has 2 aliphatic heterocycles. The highest BCUT2D eigenvalue weighted by Gasteiger charge is 2.69. The average molecular weight is 491 g/mol. The molecule has 10 heteroatoms. The number of H-pyrrole nitrogens is 1. The minimum absolute atomic E-state index is 0.0569. The Morgan fingerprint density at radius 3 is 2.66 bits per heavy atom. The van der Waals surface area contributed by atoms with Gasteiger partial charge in [0, 0.05) is 20.9 Å². The number of esters is 1. The van der Waals surface area contributed by atoms with E-state index in [2.05, 4.69) is 11.1 Å². The van der Waals surface area contributed by atoms with Crippen molar-refractivity contribution in [2.75, 3.05) is 6.54 Å². The van der Waals surface area contributed by atoms with Crippen molar-refractivity contribution in [3.63, 3.8) is 0 Å². The third-order valence-electron chi connectivity index (χ3n) is 7.32. The zero-order valence-electron chi connectivity index (χ0n) is 17.5. The molecule has 2 aromatic rings. The van der Waals surface area contributed by atoms with Crippen LogP contribution in [-0.4, -0.2) is 45.6 Å². The van der Waals surface area contributed by atoms with E-state index in [0.717, 1.165) is 21.2 Å². The fourth-order valence-electron chi connectivity index (χ4n) is 6.45. The number of thiophene rings is 1. The lowest BCUT2D eigenvalue weighted by Crippen LogP contribution is -2.42. The van der Waals surface area contributed by atoms with E-state index in [1.54, 1.807) is 36.9 Å². The van der Waals surface area contributed by atoms with Crippen LogP contribution in [0.2, 0.25) is 0 Å². The van der Waals surface area contributed by atoms with Gasteiger partial charge in [0.1, 0.15) is 6.54 Å². The second-order valence-electron chi connectivity index (χ2n) is 9.28. The van der Waals surface area contributed by atoms with Crippen molar-refractivity contribution < 1.29 is 19.1 Å². The van der Waals surface area contributed by atoms with Crippen LogP contribution in [0.3, 0.4) is 0 Å². The molecule has 168 valence electrons. The first-order chi connectivity index (χ1) is 15.3. The average Bonchev–Trinajstić information content (AvgIpc) is 3.52. The Labute approximate surface area is 196 Å². The molecule has 2 bridgehead atoms. The van der Waals surface area contributed by atoms with Crippen LogP contribution >= 0.6 is 34.4 Å². The standard InChI is InChI=1S/C22H22N2O5S3/c1-8(2)29-12(25)7-24-20(26)14-9-6-10(15(14)21(24)27)17-13(9)16(11-4-3-5-30-11)18-19(31-17)23-22(28)32-18/h3-5,8-10,13-17H,6-7H2,1-2H3,(H,23,28)/t9-,10+,13+,14-,15+,16+,17-/m1/s1. The van der Waals surface area contributed by atoms with Crippen LogP contribution in [0.15, 0.2) is 27.3 Å². The number of ether oxygens (including phenoxy) is 1. The van der Waals surface area contributed by atoms with Crippen LogP contribution in [0, 0.1) is 29.6 Å². The van der Waals surface area contributed by atoms with Gasteiger partial charge in [0.05, 0.1) is 23.0 Å². The summed E-state index contributed by atoms with van der Waals surface area (Å²) in [7, 11) is 0. The van der Waals surface area contributed by atoms with Gasteiger partial charge in [-0.15, -0.1) is 23.1 Å². The molecule has 4 heterocycles. The number of amides is 2. The van der Waals surface area contributed by atoms with E-state index in [4.69, 9.17) is 4.74 Å². The number of likely N-dealkylation sites (tertiary alicyclic amines) is 1. The highest BCUT2D eigenvalue weighted by molar-refractivity contribution is 8.00. The summed E-state index contributed by atoms with van der Waals surface area (Å²) in [6.45, 7) is 3.19. The first-order valence-electron chi connectivity index (χ1n) is 10.8. The summed E-state index contributed by atoms with van der Waals surface area (Å²) < 4.78 is 5.18. The van der Waals surface area contributed by atoms with E-state index in [1.807, 2.05) is 11.4 Å². The highest BCUT2D eigenvalue weighted by atomic mass is 32.2. The molecule has 2 aromatic heterocycles. The number of fused-ring (bicyclic) bond motifs is 9. The molecule has 6 rings (SSSR count).